The molecule has 2 fully saturated rings. The number of aliphatic hydroxyl groups excluding tert-OH is 1. The normalized spacial score (nSPS) is 20.6. The van der Waals surface area contributed by atoms with Crippen LogP contribution in [0.1, 0.15) is 78.2 Å². The van der Waals surface area contributed by atoms with Gasteiger partial charge in [0.25, 0.3) is 18.2 Å². The second kappa shape index (κ2) is 11.1. The van der Waals surface area contributed by atoms with Gasteiger partial charge in [-0.1, -0.05) is 6.92 Å². The van der Waals surface area contributed by atoms with Gasteiger partial charge in [-0.2, -0.15) is 13.2 Å². The molecule has 2 aromatic heterocycles. The Bertz CT molecular complexity index is 1170. The van der Waals surface area contributed by atoms with Crippen molar-refractivity contribution >= 4 is 29.0 Å². The van der Waals surface area contributed by atoms with Gasteiger partial charge in [0.05, 0.1) is 11.5 Å². The van der Waals surface area contributed by atoms with Gasteiger partial charge < -0.3 is 20.6 Å². The van der Waals surface area contributed by atoms with E-state index in [0.29, 0.717) is 0 Å². The Kier molecular flexibility index (Phi) is 8.21. The average molecular weight is 562 g/mol. The molecular formula is C24H28F5N5O3S. The van der Waals surface area contributed by atoms with Crippen molar-refractivity contribution in [1.29, 1.82) is 0 Å². The van der Waals surface area contributed by atoms with Crippen LogP contribution in [0.3, 0.4) is 0 Å². The molecule has 2 saturated heterocycles. The van der Waals surface area contributed by atoms with E-state index in [1.165, 1.54) is 6.92 Å². The molecule has 0 radical (unpaired) electrons. The van der Waals surface area contributed by atoms with Crippen LogP contribution in [0.5, 0.6) is 0 Å². The molecule has 0 aromatic carbocycles. The number of halogens is 5. The second-order valence-corrected chi connectivity index (χ2v) is 10.5. The number of carbonyl (C=O) groups is 2. The molecule has 2 aliphatic rings. The van der Waals surface area contributed by atoms with Gasteiger partial charge in [-0.15, -0.1) is 11.3 Å². The first-order chi connectivity index (χ1) is 17.9. The molecule has 0 saturated carbocycles. The fraction of sp³-hybridized carbons (Fsp3) is 0.583. The van der Waals surface area contributed by atoms with E-state index in [-0.39, 0.29) is 46.3 Å². The second-order valence-electron chi connectivity index (χ2n) is 9.53. The summed E-state index contributed by atoms with van der Waals surface area (Å²) >= 11 is 0.717. The summed E-state index contributed by atoms with van der Waals surface area (Å²) in [6, 6.07) is -1.77. The van der Waals surface area contributed by atoms with Gasteiger partial charge in [0.1, 0.15) is 17.6 Å². The van der Waals surface area contributed by atoms with Crippen LogP contribution in [-0.4, -0.2) is 68.7 Å². The van der Waals surface area contributed by atoms with Crippen LogP contribution in [0.15, 0.2) is 12.3 Å². The number of hydrogen-bond donors (Lipinski definition) is 3. The SMILES string of the molecule is CC[C@H](Nc1cc(C(F)F)c(-c2sc(C(=O)N[C@H](C)CO)nc2C(=O)N2C3CCC2CC3)cn1)C(F)(F)F. The molecule has 2 bridgehead atoms. The lowest BCUT2D eigenvalue weighted by molar-refractivity contribution is -0.142. The zero-order valence-corrected chi connectivity index (χ0v) is 21.5. The highest BCUT2D eigenvalue weighted by Gasteiger charge is 2.44. The lowest BCUT2D eigenvalue weighted by atomic mass is 10.0. The van der Waals surface area contributed by atoms with Crippen LogP contribution in [0.4, 0.5) is 27.8 Å². The van der Waals surface area contributed by atoms with Gasteiger partial charge >= 0.3 is 6.18 Å². The smallest absolute Gasteiger partial charge is 0.394 e. The van der Waals surface area contributed by atoms with E-state index in [9.17, 15) is 36.6 Å². The maximum Gasteiger partial charge on any atom is 0.408 e. The number of fused-ring (bicyclic) bond motifs is 2. The van der Waals surface area contributed by atoms with E-state index in [4.69, 9.17) is 0 Å². The highest BCUT2D eigenvalue weighted by molar-refractivity contribution is 7.17. The quantitative estimate of drug-likeness (QED) is 0.381. The van der Waals surface area contributed by atoms with Crippen molar-refractivity contribution in [1.82, 2.24) is 20.2 Å². The van der Waals surface area contributed by atoms with Crippen molar-refractivity contribution in [2.24, 2.45) is 0 Å². The summed E-state index contributed by atoms with van der Waals surface area (Å²) in [6.45, 7) is 2.51. The molecule has 0 unspecified atom stereocenters. The Morgan fingerprint density at radius 1 is 1.21 bits per heavy atom. The van der Waals surface area contributed by atoms with E-state index >= 15 is 0 Å². The average Bonchev–Trinajstić information content (AvgIpc) is 3.60. The molecule has 14 heteroatoms. The molecule has 4 heterocycles. The number of thiazole rings is 1. The zero-order valence-electron chi connectivity index (χ0n) is 20.7. The predicted molar refractivity (Wildman–Crippen MR) is 130 cm³/mol. The summed E-state index contributed by atoms with van der Waals surface area (Å²) in [5.41, 5.74) is -1.01. The largest absolute Gasteiger partial charge is 0.408 e. The van der Waals surface area contributed by atoms with Crippen molar-refractivity contribution in [3.8, 4) is 10.4 Å². The standard InChI is InChI=1S/C24H28F5N5O3S/c1-3-16(24(27,28)29)32-17-8-14(20(25)26)15(9-30-17)19-18(23(37)34-12-4-5-13(34)7-6-12)33-22(38-19)21(36)31-11(2)10-35/h8-9,11-13,16,20,35H,3-7,10H2,1-2H3,(H,30,32)(H,31,36)/t11-,12?,13?,16+/m1/s1. The summed E-state index contributed by atoms with van der Waals surface area (Å²) in [6.07, 6.45) is -3.81. The van der Waals surface area contributed by atoms with E-state index in [1.807, 2.05) is 0 Å². The molecule has 8 nitrogen and oxygen atoms in total. The van der Waals surface area contributed by atoms with Crippen molar-refractivity contribution in [2.75, 3.05) is 11.9 Å². The van der Waals surface area contributed by atoms with Crippen molar-refractivity contribution in [3.63, 3.8) is 0 Å². The maximum atomic E-state index is 14.2. The van der Waals surface area contributed by atoms with Gasteiger partial charge in [0.2, 0.25) is 0 Å². The Morgan fingerprint density at radius 2 is 1.84 bits per heavy atom. The number of aromatic nitrogens is 2. The first-order valence-electron chi connectivity index (χ1n) is 12.3. The fourth-order valence-corrected chi connectivity index (χ4v) is 5.95. The first kappa shape index (κ1) is 28.1. The van der Waals surface area contributed by atoms with Crippen molar-refractivity contribution in [3.05, 3.63) is 28.5 Å². The number of aliphatic hydroxyl groups is 1. The van der Waals surface area contributed by atoms with Gasteiger partial charge in [-0.3, -0.25) is 9.59 Å². The summed E-state index contributed by atoms with van der Waals surface area (Å²) in [4.78, 5) is 36.2. The first-order valence-corrected chi connectivity index (χ1v) is 13.1. The number of nitrogens with one attached hydrogen (secondary N) is 2. The summed E-state index contributed by atoms with van der Waals surface area (Å²) in [5.74, 6) is -1.57. The Morgan fingerprint density at radius 3 is 2.37 bits per heavy atom. The third-order valence-electron chi connectivity index (χ3n) is 6.90. The van der Waals surface area contributed by atoms with Crippen LogP contribution in [0.25, 0.3) is 10.4 Å². The van der Waals surface area contributed by atoms with Crippen molar-refractivity contribution < 1.29 is 36.6 Å². The summed E-state index contributed by atoms with van der Waals surface area (Å²) < 4.78 is 68.1. The molecule has 2 aliphatic heterocycles. The number of pyridine rings is 1. The highest BCUT2D eigenvalue weighted by Crippen LogP contribution is 2.42. The lowest BCUT2D eigenvalue weighted by Crippen LogP contribution is -2.36. The molecule has 4 rings (SSSR count). The number of amides is 2. The van der Waals surface area contributed by atoms with Crippen molar-refractivity contribution in [2.45, 2.75) is 82.7 Å². The molecule has 2 atom stereocenters. The van der Waals surface area contributed by atoms with Crippen LogP contribution in [0, 0.1) is 0 Å². The monoisotopic (exact) mass is 561 g/mol. The molecule has 0 spiro atoms. The van der Waals surface area contributed by atoms with Crippen LogP contribution < -0.4 is 10.6 Å². The molecule has 3 N–H and O–H groups in total. The Hall–Kier alpha value is -2.87. The third kappa shape index (κ3) is 5.60. The number of rotatable bonds is 9. The van der Waals surface area contributed by atoms with E-state index in [1.54, 1.807) is 11.8 Å². The maximum absolute atomic E-state index is 14.2. The molecule has 0 aliphatic carbocycles. The number of carbonyl (C=O) groups excluding carboxylic acids is 2. The van der Waals surface area contributed by atoms with Crippen LogP contribution in [-0.2, 0) is 0 Å². The lowest BCUT2D eigenvalue weighted by Gasteiger charge is -2.22. The van der Waals surface area contributed by atoms with Gasteiger partial charge in [-0.05, 0) is 45.1 Å². The van der Waals surface area contributed by atoms with Gasteiger partial charge in [-0.25, -0.2) is 18.7 Å². The topological polar surface area (TPSA) is 107 Å². The molecule has 2 aromatic rings. The zero-order chi connectivity index (χ0) is 27.8. The Labute approximate surface area is 219 Å². The van der Waals surface area contributed by atoms with Gasteiger partial charge in [0.15, 0.2) is 5.01 Å². The number of hydrogen-bond acceptors (Lipinski definition) is 7. The highest BCUT2D eigenvalue weighted by atomic mass is 32.1. The minimum absolute atomic E-state index is 0.00125. The molecule has 208 valence electrons. The minimum atomic E-state index is -4.61. The van der Waals surface area contributed by atoms with E-state index < -0.39 is 47.9 Å². The van der Waals surface area contributed by atoms with E-state index in [2.05, 4.69) is 20.6 Å². The molecule has 38 heavy (non-hydrogen) atoms. The minimum Gasteiger partial charge on any atom is -0.394 e. The van der Waals surface area contributed by atoms with Crippen LogP contribution in [0.2, 0.25) is 0 Å². The van der Waals surface area contributed by atoms with E-state index in [0.717, 1.165) is 49.3 Å². The fourth-order valence-electron chi connectivity index (χ4n) is 4.96. The Balaban J connectivity index is 1.77. The summed E-state index contributed by atoms with van der Waals surface area (Å²) in [5, 5.41) is 13.8. The third-order valence-corrected chi connectivity index (χ3v) is 7.99. The summed E-state index contributed by atoms with van der Waals surface area (Å²) in [7, 11) is 0. The molecule has 2 amide bonds. The predicted octanol–water partition coefficient (Wildman–Crippen LogP) is 4.77. The van der Waals surface area contributed by atoms with Gasteiger partial charge in [0, 0.05) is 35.4 Å². The number of anilines is 1. The number of alkyl halides is 5. The number of nitrogens with zero attached hydrogens (tertiary/aromatic N) is 3. The molecular weight excluding hydrogens is 533 g/mol. The van der Waals surface area contributed by atoms with Crippen LogP contribution >= 0.6 is 11.3 Å².